The molecule has 0 aliphatic rings. The average molecular weight is 290 g/mol. The van der Waals surface area contributed by atoms with Crippen molar-refractivity contribution >= 4 is 28.9 Å². The van der Waals surface area contributed by atoms with Crippen LogP contribution in [0.15, 0.2) is 6.07 Å². The molecular formula is C8H8Cl2F3N3O. The summed E-state index contributed by atoms with van der Waals surface area (Å²) < 4.78 is 36.9. The molecule has 0 saturated heterocycles. The molecule has 0 bridgehead atoms. The van der Waals surface area contributed by atoms with E-state index in [1.54, 1.807) is 0 Å². The van der Waals surface area contributed by atoms with Gasteiger partial charge in [0.15, 0.2) is 10.3 Å². The van der Waals surface area contributed by atoms with E-state index in [0.29, 0.717) is 0 Å². The minimum absolute atomic E-state index is 0.0157. The molecule has 0 amide bonds. The third-order valence-electron chi connectivity index (χ3n) is 1.78. The summed E-state index contributed by atoms with van der Waals surface area (Å²) in [6.45, 7) is -1.94. The molecule has 1 aromatic heterocycles. The molecule has 0 saturated carbocycles. The quantitative estimate of drug-likeness (QED) is 0.923. The van der Waals surface area contributed by atoms with Crippen LogP contribution in [0.25, 0.3) is 0 Å². The molecule has 17 heavy (non-hydrogen) atoms. The lowest BCUT2D eigenvalue weighted by atomic mass is 10.3. The van der Waals surface area contributed by atoms with Crippen LogP contribution in [0.3, 0.4) is 0 Å². The number of nitrogens with zero attached hydrogens (tertiary/aromatic N) is 3. The molecule has 9 heteroatoms. The zero-order valence-corrected chi connectivity index (χ0v) is 9.89. The average Bonchev–Trinajstić information content (AvgIpc) is 2.19. The molecule has 4 nitrogen and oxygen atoms in total. The lowest BCUT2D eigenvalue weighted by Gasteiger charge is -2.25. The highest BCUT2D eigenvalue weighted by Crippen LogP contribution is 2.28. The van der Waals surface area contributed by atoms with E-state index in [1.807, 2.05) is 0 Å². The van der Waals surface area contributed by atoms with E-state index in [2.05, 4.69) is 10.2 Å². The number of aliphatic hydroxyl groups is 1. The van der Waals surface area contributed by atoms with E-state index >= 15 is 0 Å². The van der Waals surface area contributed by atoms with Gasteiger partial charge in [0.2, 0.25) is 0 Å². The third kappa shape index (κ3) is 4.53. The van der Waals surface area contributed by atoms with Crippen LogP contribution in [0.1, 0.15) is 0 Å². The predicted octanol–water partition coefficient (Wildman–Crippen LogP) is 2.14. The highest BCUT2D eigenvalue weighted by Gasteiger charge is 2.31. The molecule has 0 aliphatic heterocycles. The van der Waals surface area contributed by atoms with Crippen molar-refractivity contribution in [2.24, 2.45) is 0 Å². The lowest BCUT2D eigenvalue weighted by molar-refractivity contribution is -0.119. The predicted molar refractivity (Wildman–Crippen MR) is 57.4 cm³/mol. The molecule has 0 radical (unpaired) electrons. The number of hydrogen-bond acceptors (Lipinski definition) is 4. The number of aliphatic hydroxyl groups excluding tert-OH is 1. The molecule has 1 aromatic rings. The maximum atomic E-state index is 12.3. The summed E-state index contributed by atoms with van der Waals surface area (Å²) in [7, 11) is 0. The SMILES string of the molecule is OCCN(CC(F)(F)F)c1cc(Cl)nnc1Cl. The Morgan fingerprint density at radius 2 is 1.94 bits per heavy atom. The fourth-order valence-corrected chi connectivity index (χ4v) is 1.54. The Bertz CT molecular complexity index is 389. The van der Waals surface area contributed by atoms with Gasteiger partial charge in [-0.3, -0.25) is 0 Å². The van der Waals surface area contributed by atoms with E-state index < -0.39 is 19.3 Å². The lowest BCUT2D eigenvalue weighted by Crippen LogP contribution is -2.36. The van der Waals surface area contributed by atoms with Crippen LogP contribution >= 0.6 is 23.2 Å². The summed E-state index contributed by atoms with van der Waals surface area (Å²) in [4.78, 5) is 0.836. The van der Waals surface area contributed by atoms with E-state index in [9.17, 15) is 13.2 Å². The fourth-order valence-electron chi connectivity index (χ4n) is 1.19. The molecule has 1 heterocycles. The Hall–Kier alpha value is -0.790. The number of aromatic nitrogens is 2. The standard InChI is InChI=1S/C8H8Cl2F3N3O/c9-6-3-5(7(10)15-14-6)16(1-2-17)4-8(11,12)13/h3,17H,1-2,4H2. The van der Waals surface area contributed by atoms with Crippen molar-refractivity contribution in [1.82, 2.24) is 10.2 Å². The summed E-state index contributed by atoms with van der Waals surface area (Å²) in [6, 6.07) is 1.16. The van der Waals surface area contributed by atoms with Crippen molar-refractivity contribution in [3.05, 3.63) is 16.4 Å². The Kier molecular flexibility index (Phi) is 4.79. The van der Waals surface area contributed by atoms with Gasteiger partial charge in [0.1, 0.15) is 6.54 Å². The first-order chi connectivity index (χ1) is 7.83. The molecule has 0 fully saturated rings. The topological polar surface area (TPSA) is 49.2 Å². The van der Waals surface area contributed by atoms with E-state index in [1.165, 1.54) is 0 Å². The Morgan fingerprint density at radius 3 is 2.47 bits per heavy atom. The minimum atomic E-state index is -4.42. The van der Waals surface area contributed by atoms with Gasteiger partial charge in [0, 0.05) is 12.6 Å². The first kappa shape index (κ1) is 14.3. The van der Waals surface area contributed by atoms with Gasteiger partial charge in [-0.2, -0.15) is 13.2 Å². The maximum absolute atomic E-state index is 12.3. The summed E-state index contributed by atoms with van der Waals surface area (Å²) in [6.07, 6.45) is -4.42. The Morgan fingerprint density at radius 1 is 1.29 bits per heavy atom. The number of rotatable bonds is 4. The van der Waals surface area contributed by atoms with Gasteiger partial charge in [-0.05, 0) is 0 Å². The Balaban J connectivity index is 3.00. The van der Waals surface area contributed by atoms with Crippen molar-refractivity contribution in [2.45, 2.75) is 6.18 Å². The smallest absolute Gasteiger partial charge is 0.395 e. The van der Waals surface area contributed by atoms with Crippen LogP contribution in [-0.4, -0.2) is 41.2 Å². The first-order valence-electron chi connectivity index (χ1n) is 4.45. The van der Waals surface area contributed by atoms with E-state index in [0.717, 1.165) is 11.0 Å². The highest BCUT2D eigenvalue weighted by molar-refractivity contribution is 6.33. The second kappa shape index (κ2) is 5.70. The molecule has 0 aromatic carbocycles. The fraction of sp³-hybridized carbons (Fsp3) is 0.500. The van der Waals surface area contributed by atoms with Gasteiger partial charge in [0.25, 0.3) is 0 Å². The zero-order valence-electron chi connectivity index (χ0n) is 8.38. The third-order valence-corrected chi connectivity index (χ3v) is 2.24. The maximum Gasteiger partial charge on any atom is 0.405 e. The van der Waals surface area contributed by atoms with Gasteiger partial charge >= 0.3 is 6.18 Å². The normalized spacial score (nSPS) is 11.6. The van der Waals surface area contributed by atoms with Crippen LogP contribution in [0, 0.1) is 0 Å². The van der Waals surface area contributed by atoms with Crippen molar-refractivity contribution in [3.63, 3.8) is 0 Å². The van der Waals surface area contributed by atoms with Gasteiger partial charge in [-0.25, -0.2) is 0 Å². The molecular weight excluding hydrogens is 282 g/mol. The van der Waals surface area contributed by atoms with Gasteiger partial charge in [0.05, 0.1) is 12.3 Å². The van der Waals surface area contributed by atoms with Crippen LogP contribution < -0.4 is 4.90 Å². The van der Waals surface area contributed by atoms with Crippen LogP contribution in [-0.2, 0) is 0 Å². The largest absolute Gasteiger partial charge is 0.405 e. The van der Waals surface area contributed by atoms with Crippen LogP contribution in [0.2, 0.25) is 10.3 Å². The molecule has 0 unspecified atom stereocenters. The second-order valence-electron chi connectivity index (χ2n) is 3.10. The molecule has 0 atom stereocenters. The zero-order chi connectivity index (χ0) is 13.1. The van der Waals surface area contributed by atoms with E-state index in [4.69, 9.17) is 28.3 Å². The first-order valence-corrected chi connectivity index (χ1v) is 5.20. The van der Waals surface area contributed by atoms with E-state index in [-0.39, 0.29) is 22.5 Å². The van der Waals surface area contributed by atoms with Gasteiger partial charge in [-0.15, -0.1) is 10.2 Å². The molecule has 96 valence electrons. The minimum Gasteiger partial charge on any atom is -0.395 e. The molecule has 0 aliphatic carbocycles. The monoisotopic (exact) mass is 289 g/mol. The summed E-state index contributed by atoms with van der Waals surface area (Å²) in [5, 5.41) is 15.3. The highest BCUT2D eigenvalue weighted by atomic mass is 35.5. The number of alkyl halides is 3. The molecule has 1 N–H and O–H groups in total. The molecule has 0 spiro atoms. The van der Waals surface area contributed by atoms with Crippen LogP contribution in [0.4, 0.5) is 18.9 Å². The summed E-state index contributed by atoms with van der Waals surface area (Å²) >= 11 is 11.2. The van der Waals surface area contributed by atoms with Crippen molar-refractivity contribution in [2.75, 3.05) is 24.6 Å². The summed E-state index contributed by atoms with van der Waals surface area (Å²) in [5.41, 5.74) is -0.0157. The molecule has 1 rings (SSSR count). The number of halogens is 5. The van der Waals surface area contributed by atoms with Crippen molar-refractivity contribution in [1.29, 1.82) is 0 Å². The summed E-state index contributed by atoms with van der Waals surface area (Å²) in [5.74, 6) is 0. The number of hydrogen-bond donors (Lipinski definition) is 1. The van der Waals surface area contributed by atoms with Crippen LogP contribution in [0.5, 0.6) is 0 Å². The van der Waals surface area contributed by atoms with Gasteiger partial charge < -0.3 is 10.0 Å². The Labute approximate surface area is 105 Å². The number of anilines is 1. The van der Waals surface area contributed by atoms with Crippen molar-refractivity contribution in [3.8, 4) is 0 Å². The second-order valence-corrected chi connectivity index (χ2v) is 3.85. The van der Waals surface area contributed by atoms with Gasteiger partial charge in [-0.1, -0.05) is 23.2 Å². The van der Waals surface area contributed by atoms with Crippen molar-refractivity contribution < 1.29 is 18.3 Å².